The van der Waals surface area contributed by atoms with Gasteiger partial charge in [0.15, 0.2) is 0 Å². The molecule has 0 heterocycles. The summed E-state index contributed by atoms with van der Waals surface area (Å²) in [6.07, 6.45) is 25.5. The molecule has 1 rings (SSSR count). The van der Waals surface area contributed by atoms with Crippen molar-refractivity contribution >= 4 is 0 Å². The minimum absolute atomic E-state index is 0.972. The number of hydrogen-bond donors (Lipinski definition) is 0. The molecular formula is C14H19. The van der Waals surface area contributed by atoms with Gasteiger partial charge in [-0.25, -0.2) is 0 Å². The van der Waals surface area contributed by atoms with Crippen LogP contribution in [0.3, 0.4) is 0 Å². The van der Waals surface area contributed by atoms with Gasteiger partial charge in [0, 0.05) is 0 Å². The molecule has 75 valence electrons. The van der Waals surface area contributed by atoms with E-state index in [9.17, 15) is 0 Å². The molecule has 0 fully saturated rings. The molecule has 1 radical (unpaired) electrons. The van der Waals surface area contributed by atoms with E-state index >= 15 is 0 Å². The predicted octanol–water partition coefficient (Wildman–Crippen LogP) is 4.37. The zero-order chi connectivity index (χ0) is 9.90. The molecule has 0 bridgehead atoms. The Kier molecular flexibility index (Phi) is 6.74. The van der Waals surface area contributed by atoms with Gasteiger partial charge in [0.1, 0.15) is 0 Å². The summed E-state index contributed by atoms with van der Waals surface area (Å²) < 4.78 is 0. The second kappa shape index (κ2) is 8.55. The Bertz CT molecular complexity index is 228. The molecule has 0 amide bonds. The second-order valence-electron chi connectivity index (χ2n) is 3.45. The van der Waals surface area contributed by atoms with E-state index in [0.717, 1.165) is 19.3 Å². The molecule has 0 nitrogen and oxygen atoms in total. The minimum Gasteiger partial charge on any atom is -0.0882 e. The van der Waals surface area contributed by atoms with Crippen molar-refractivity contribution in [2.75, 3.05) is 0 Å². The lowest BCUT2D eigenvalue weighted by molar-refractivity contribution is 0.865. The Morgan fingerprint density at radius 3 is 2.43 bits per heavy atom. The van der Waals surface area contributed by atoms with E-state index in [1.54, 1.807) is 0 Å². The summed E-state index contributed by atoms with van der Waals surface area (Å²) in [6.45, 7) is 0. The summed E-state index contributed by atoms with van der Waals surface area (Å²) in [7, 11) is 0. The third kappa shape index (κ3) is 6.47. The monoisotopic (exact) mass is 187 g/mol. The zero-order valence-electron chi connectivity index (χ0n) is 8.78. The first-order valence-corrected chi connectivity index (χ1v) is 5.52. The molecule has 1 aliphatic rings. The average Bonchev–Trinajstić information content (AvgIpc) is 2.22. The normalized spacial score (nSPS) is 28.6. The Morgan fingerprint density at radius 1 is 0.714 bits per heavy atom. The van der Waals surface area contributed by atoms with E-state index in [1.807, 2.05) is 0 Å². The van der Waals surface area contributed by atoms with Crippen LogP contribution < -0.4 is 0 Å². The van der Waals surface area contributed by atoms with Crippen molar-refractivity contribution in [1.29, 1.82) is 0 Å². The molecule has 0 N–H and O–H groups in total. The first-order valence-electron chi connectivity index (χ1n) is 5.52. The van der Waals surface area contributed by atoms with E-state index in [2.05, 4.69) is 48.6 Å². The molecule has 0 unspecified atom stereocenters. The van der Waals surface area contributed by atoms with Gasteiger partial charge in [-0.3, -0.25) is 0 Å². The molecule has 1 aliphatic carbocycles. The molecule has 0 aromatic rings. The van der Waals surface area contributed by atoms with E-state index < -0.39 is 0 Å². The van der Waals surface area contributed by atoms with E-state index in [1.165, 1.54) is 19.3 Å². The summed E-state index contributed by atoms with van der Waals surface area (Å²) in [4.78, 5) is 0. The molecule has 14 heavy (non-hydrogen) atoms. The molecule has 0 aromatic carbocycles. The maximum atomic E-state index is 3.28. The van der Waals surface area contributed by atoms with Crippen molar-refractivity contribution in [2.24, 2.45) is 0 Å². The number of hydrogen-bond acceptors (Lipinski definition) is 0. The molecule has 0 spiro atoms. The van der Waals surface area contributed by atoms with Crippen LogP contribution in [0.4, 0.5) is 0 Å². The van der Waals surface area contributed by atoms with Gasteiger partial charge in [0.25, 0.3) is 0 Å². The molecule has 0 saturated heterocycles. The largest absolute Gasteiger partial charge is 0.0882 e. The van der Waals surface area contributed by atoms with Crippen LogP contribution in [0.2, 0.25) is 0 Å². The van der Waals surface area contributed by atoms with Crippen LogP contribution >= 0.6 is 0 Å². The lowest BCUT2D eigenvalue weighted by atomic mass is 10.2. The van der Waals surface area contributed by atoms with Crippen molar-refractivity contribution in [3.8, 4) is 0 Å². The minimum atomic E-state index is 0.972. The lowest BCUT2D eigenvalue weighted by Gasteiger charge is -1.91. The molecule has 0 heteroatoms. The predicted molar refractivity (Wildman–Crippen MR) is 62.9 cm³/mol. The van der Waals surface area contributed by atoms with Gasteiger partial charge in [-0.1, -0.05) is 42.5 Å². The van der Waals surface area contributed by atoms with Crippen molar-refractivity contribution in [3.63, 3.8) is 0 Å². The Balaban J connectivity index is 2.34. The quantitative estimate of drug-likeness (QED) is 0.494. The van der Waals surface area contributed by atoms with Gasteiger partial charge in [-0.15, -0.1) is 0 Å². The van der Waals surface area contributed by atoms with Gasteiger partial charge in [0.05, 0.1) is 0 Å². The van der Waals surface area contributed by atoms with Gasteiger partial charge in [0.2, 0.25) is 0 Å². The van der Waals surface area contributed by atoms with Crippen LogP contribution in [-0.2, 0) is 0 Å². The fraction of sp³-hybridized carbons (Fsp3) is 0.429. The summed E-state index contributed by atoms with van der Waals surface area (Å²) in [6, 6.07) is 0. The van der Waals surface area contributed by atoms with Crippen molar-refractivity contribution in [3.05, 3.63) is 48.6 Å². The van der Waals surface area contributed by atoms with Crippen molar-refractivity contribution < 1.29 is 0 Å². The van der Waals surface area contributed by atoms with Crippen LogP contribution in [0, 0.1) is 6.08 Å². The lowest BCUT2D eigenvalue weighted by Crippen LogP contribution is -1.71. The highest BCUT2D eigenvalue weighted by molar-refractivity contribution is 5.03. The Morgan fingerprint density at radius 2 is 1.50 bits per heavy atom. The van der Waals surface area contributed by atoms with Gasteiger partial charge < -0.3 is 0 Å². The summed E-state index contributed by atoms with van der Waals surface area (Å²) in [5, 5.41) is 0. The highest BCUT2D eigenvalue weighted by atomic mass is 13.9. The maximum absolute atomic E-state index is 3.28. The first-order chi connectivity index (χ1) is 7.00. The van der Waals surface area contributed by atoms with Crippen molar-refractivity contribution in [2.45, 2.75) is 38.5 Å². The number of allylic oxidation sites excluding steroid dienone is 8. The Hall–Kier alpha value is -1.04. The SMILES string of the molecule is [C]1=C/CC/C=C/C=C\CCC/C=C/C/1. The van der Waals surface area contributed by atoms with Crippen LogP contribution in [0.1, 0.15) is 38.5 Å². The van der Waals surface area contributed by atoms with Gasteiger partial charge in [-0.2, -0.15) is 0 Å². The standard InChI is InChI=1S/C14H19/c1-2-4-6-8-10-12-14-13-11-9-7-5-3-1/h1-4,9,12,14H,5-8,10,13H2/b3-1+,4-2-,11-9?,14-12+. The smallest absolute Gasteiger partial charge is 0.00979 e. The van der Waals surface area contributed by atoms with Gasteiger partial charge in [-0.05, 0) is 44.6 Å². The Labute approximate surface area is 87.7 Å². The average molecular weight is 187 g/mol. The second-order valence-corrected chi connectivity index (χ2v) is 3.45. The highest BCUT2D eigenvalue weighted by Gasteiger charge is 1.81. The maximum Gasteiger partial charge on any atom is -0.00979 e. The van der Waals surface area contributed by atoms with Gasteiger partial charge >= 0.3 is 0 Å². The number of rotatable bonds is 0. The van der Waals surface area contributed by atoms with Crippen LogP contribution in [0.15, 0.2) is 42.5 Å². The van der Waals surface area contributed by atoms with Crippen LogP contribution in [0.5, 0.6) is 0 Å². The third-order valence-electron chi connectivity index (χ3n) is 2.15. The molecular weight excluding hydrogens is 168 g/mol. The summed E-state index contributed by atoms with van der Waals surface area (Å²) in [5.74, 6) is 0. The molecule has 0 aromatic heterocycles. The summed E-state index contributed by atoms with van der Waals surface area (Å²) >= 11 is 0. The van der Waals surface area contributed by atoms with Crippen LogP contribution in [-0.4, -0.2) is 0 Å². The highest BCUT2D eigenvalue weighted by Crippen LogP contribution is 2.01. The van der Waals surface area contributed by atoms with E-state index in [-0.39, 0.29) is 0 Å². The zero-order valence-corrected chi connectivity index (χ0v) is 8.78. The molecule has 0 saturated carbocycles. The third-order valence-corrected chi connectivity index (χ3v) is 2.15. The fourth-order valence-electron chi connectivity index (χ4n) is 1.34. The van der Waals surface area contributed by atoms with Crippen molar-refractivity contribution in [1.82, 2.24) is 0 Å². The fourth-order valence-corrected chi connectivity index (χ4v) is 1.34. The van der Waals surface area contributed by atoms with E-state index in [0.29, 0.717) is 0 Å². The van der Waals surface area contributed by atoms with Crippen LogP contribution in [0.25, 0.3) is 0 Å². The molecule has 0 aliphatic heterocycles. The summed E-state index contributed by atoms with van der Waals surface area (Å²) in [5.41, 5.74) is 0. The first kappa shape index (κ1) is 11.0. The topological polar surface area (TPSA) is 0 Å². The van der Waals surface area contributed by atoms with E-state index in [4.69, 9.17) is 0 Å². The molecule has 0 atom stereocenters.